The van der Waals surface area contributed by atoms with E-state index < -0.39 is 12.1 Å². The van der Waals surface area contributed by atoms with Crippen molar-refractivity contribution >= 4 is 28.4 Å². The second-order valence-corrected chi connectivity index (χ2v) is 6.82. The van der Waals surface area contributed by atoms with Crippen molar-refractivity contribution in [2.45, 2.75) is 25.0 Å². The number of aromatic hydroxyl groups is 1. The van der Waals surface area contributed by atoms with E-state index in [0.29, 0.717) is 23.6 Å². The van der Waals surface area contributed by atoms with E-state index in [-0.39, 0.29) is 11.7 Å². The average Bonchev–Trinajstić information content (AvgIpc) is 2.99. The lowest BCUT2D eigenvalue weighted by molar-refractivity contribution is 0.0809. The lowest BCUT2D eigenvalue weighted by Gasteiger charge is -2.30. The normalized spacial score (nSPS) is 19.6. The van der Waals surface area contributed by atoms with Crippen molar-refractivity contribution in [3.05, 3.63) is 64.3 Å². The summed E-state index contributed by atoms with van der Waals surface area (Å²) in [7, 11) is 0. The minimum Gasteiger partial charge on any atom is -0.508 e. The quantitative estimate of drug-likeness (QED) is 0.569. The number of aromatic amines is 1. The summed E-state index contributed by atoms with van der Waals surface area (Å²) in [4.78, 5) is 15.6. The van der Waals surface area contributed by atoms with Crippen molar-refractivity contribution in [1.29, 1.82) is 0 Å². The maximum Gasteiger partial charge on any atom is 0.268 e. The first kappa shape index (κ1) is 16.0. The van der Waals surface area contributed by atoms with Gasteiger partial charge in [-0.3, -0.25) is 4.79 Å². The molecule has 2 aromatic carbocycles. The van der Waals surface area contributed by atoms with Gasteiger partial charge in [-0.2, -0.15) is 0 Å². The summed E-state index contributed by atoms with van der Waals surface area (Å²) in [6, 6.07) is 11.9. The number of amides is 1. The van der Waals surface area contributed by atoms with Crippen molar-refractivity contribution in [3.8, 4) is 5.75 Å². The van der Waals surface area contributed by atoms with Gasteiger partial charge in [0, 0.05) is 22.3 Å². The van der Waals surface area contributed by atoms with Gasteiger partial charge in [0.1, 0.15) is 11.4 Å². The van der Waals surface area contributed by atoms with E-state index >= 15 is 0 Å². The van der Waals surface area contributed by atoms with Gasteiger partial charge >= 0.3 is 0 Å². The molecule has 128 valence electrons. The number of H-pyrrole nitrogens is 1. The topological polar surface area (TPSA) is 85.3 Å². The number of halogens is 1. The average molecular weight is 357 g/mol. The van der Waals surface area contributed by atoms with Gasteiger partial charge < -0.3 is 20.5 Å². The van der Waals surface area contributed by atoms with E-state index in [1.54, 1.807) is 30.3 Å². The number of benzene rings is 2. The molecule has 0 fully saturated rings. The third kappa shape index (κ3) is 2.97. The SMILES string of the molecule is O=C(N[C@H]1Cc2c(O)cccc2C[C@H]1O)c1cc2cc(Cl)ccc2[nH]1. The van der Waals surface area contributed by atoms with Gasteiger partial charge in [0.15, 0.2) is 0 Å². The third-order valence-corrected chi connectivity index (χ3v) is 4.94. The Hall–Kier alpha value is -2.50. The molecule has 2 atom stereocenters. The van der Waals surface area contributed by atoms with E-state index in [1.165, 1.54) is 0 Å². The molecule has 0 bridgehead atoms. The van der Waals surface area contributed by atoms with Crippen LogP contribution in [-0.4, -0.2) is 33.3 Å². The Morgan fingerprint density at radius 3 is 2.88 bits per heavy atom. The summed E-state index contributed by atoms with van der Waals surface area (Å²) in [5.41, 5.74) is 2.93. The van der Waals surface area contributed by atoms with Crippen LogP contribution in [0.4, 0.5) is 0 Å². The van der Waals surface area contributed by atoms with Crippen molar-refractivity contribution < 1.29 is 15.0 Å². The maximum atomic E-state index is 12.6. The molecular formula is C19H17ClN2O3. The molecule has 1 heterocycles. The van der Waals surface area contributed by atoms with Crippen LogP contribution in [0.1, 0.15) is 21.6 Å². The van der Waals surface area contributed by atoms with Crippen LogP contribution in [0.15, 0.2) is 42.5 Å². The van der Waals surface area contributed by atoms with Crippen molar-refractivity contribution in [1.82, 2.24) is 10.3 Å². The third-order valence-electron chi connectivity index (χ3n) is 4.71. The van der Waals surface area contributed by atoms with Crippen LogP contribution >= 0.6 is 11.6 Å². The monoisotopic (exact) mass is 356 g/mol. The van der Waals surface area contributed by atoms with Crippen molar-refractivity contribution in [2.75, 3.05) is 0 Å². The number of hydrogen-bond acceptors (Lipinski definition) is 3. The summed E-state index contributed by atoms with van der Waals surface area (Å²) in [5, 5.41) is 24.7. The van der Waals surface area contributed by atoms with E-state index in [1.807, 2.05) is 12.1 Å². The molecule has 0 unspecified atom stereocenters. The van der Waals surface area contributed by atoms with Crippen molar-refractivity contribution in [2.24, 2.45) is 0 Å². The number of aliphatic hydroxyl groups excluding tert-OH is 1. The van der Waals surface area contributed by atoms with E-state index in [9.17, 15) is 15.0 Å². The fourth-order valence-electron chi connectivity index (χ4n) is 3.39. The highest BCUT2D eigenvalue weighted by Gasteiger charge is 2.30. The van der Waals surface area contributed by atoms with E-state index in [0.717, 1.165) is 22.0 Å². The predicted octanol–water partition coefficient (Wildman–Crippen LogP) is 2.79. The van der Waals surface area contributed by atoms with Gasteiger partial charge in [0.2, 0.25) is 0 Å². The van der Waals surface area contributed by atoms with Crippen LogP contribution in [0, 0.1) is 0 Å². The van der Waals surface area contributed by atoms with Crippen LogP contribution < -0.4 is 5.32 Å². The van der Waals surface area contributed by atoms with Crippen LogP contribution in [0.5, 0.6) is 5.75 Å². The summed E-state index contributed by atoms with van der Waals surface area (Å²) < 4.78 is 0. The van der Waals surface area contributed by atoms with Crippen molar-refractivity contribution in [3.63, 3.8) is 0 Å². The molecule has 1 aromatic heterocycles. The molecule has 3 aromatic rings. The zero-order chi connectivity index (χ0) is 17.6. The fourth-order valence-corrected chi connectivity index (χ4v) is 3.57. The summed E-state index contributed by atoms with van der Waals surface area (Å²) in [6.07, 6.45) is 0.0925. The number of aromatic nitrogens is 1. The molecule has 0 radical (unpaired) electrons. The molecule has 0 saturated carbocycles. The summed E-state index contributed by atoms with van der Waals surface area (Å²) in [6.45, 7) is 0. The number of nitrogens with one attached hydrogen (secondary N) is 2. The van der Waals surface area contributed by atoms with Gasteiger partial charge in [0.25, 0.3) is 5.91 Å². The lowest BCUT2D eigenvalue weighted by atomic mass is 9.85. The Kier molecular flexibility index (Phi) is 3.90. The molecule has 4 rings (SSSR count). The molecule has 1 aliphatic carbocycles. The smallest absolute Gasteiger partial charge is 0.268 e. The van der Waals surface area contributed by atoms with E-state index in [2.05, 4.69) is 10.3 Å². The molecular weight excluding hydrogens is 340 g/mol. The number of carbonyl (C=O) groups is 1. The Bertz CT molecular complexity index is 966. The highest BCUT2D eigenvalue weighted by Crippen LogP contribution is 2.29. The highest BCUT2D eigenvalue weighted by molar-refractivity contribution is 6.31. The number of carbonyl (C=O) groups excluding carboxylic acids is 1. The fraction of sp³-hybridized carbons (Fsp3) is 0.211. The molecule has 6 heteroatoms. The minimum absolute atomic E-state index is 0.198. The minimum atomic E-state index is -0.697. The molecule has 25 heavy (non-hydrogen) atoms. The van der Waals surface area contributed by atoms with Gasteiger partial charge in [-0.1, -0.05) is 23.7 Å². The molecule has 0 spiro atoms. The Morgan fingerprint density at radius 2 is 2.04 bits per heavy atom. The number of hydrogen-bond donors (Lipinski definition) is 4. The molecule has 0 aliphatic heterocycles. The number of aliphatic hydroxyl groups is 1. The second kappa shape index (κ2) is 6.10. The Labute approximate surface area is 149 Å². The zero-order valence-electron chi connectivity index (χ0n) is 13.3. The van der Waals surface area contributed by atoms with Crippen LogP contribution in [0.3, 0.4) is 0 Å². The van der Waals surface area contributed by atoms with Crippen LogP contribution in [0.2, 0.25) is 5.02 Å². The first-order valence-electron chi connectivity index (χ1n) is 8.08. The number of phenolic OH excluding ortho intramolecular Hbond substituents is 1. The Balaban J connectivity index is 1.56. The van der Waals surface area contributed by atoms with Crippen LogP contribution in [0.25, 0.3) is 10.9 Å². The second-order valence-electron chi connectivity index (χ2n) is 6.38. The first-order valence-corrected chi connectivity index (χ1v) is 8.46. The summed E-state index contributed by atoms with van der Waals surface area (Å²) in [5.74, 6) is -0.0980. The summed E-state index contributed by atoms with van der Waals surface area (Å²) >= 11 is 5.97. The predicted molar refractivity (Wildman–Crippen MR) is 96.1 cm³/mol. The number of phenols is 1. The molecule has 1 aliphatic rings. The molecule has 4 N–H and O–H groups in total. The lowest BCUT2D eigenvalue weighted by Crippen LogP contribution is -2.48. The van der Waals surface area contributed by atoms with Crippen LogP contribution in [-0.2, 0) is 12.8 Å². The van der Waals surface area contributed by atoms with Gasteiger partial charge in [-0.15, -0.1) is 0 Å². The number of rotatable bonds is 2. The van der Waals surface area contributed by atoms with E-state index in [4.69, 9.17) is 11.6 Å². The molecule has 5 nitrogen and oxygen atoms in total. The number of fused-ring (bicyclic) bond motifs is 2. The van der Waals surface area contributed by atoms with Gasteiger partial charge in [0.05, 0.1) is 12.1 Å². The zero-order valence-corrected chi connectivity index (χ0v) is 14.0. The van der Waals surface area contributed by atoms with Gasteiger partial charge in [-0.25, -0.2) is 0 Å². The highest BCUT2D eigenvalue weighted by atomic mass is 35.5. The largest absolute Gasteiger partial charge is 0.508 e. The molecule has 0 saturated heterocycles. The maximum absolute atomic E-state index is 12.6. The Morgan fingerprint density at radius 1 is 1.20 bits per heavy atom. The standard InChI is InChI=1S/C19H17ClN2O3/c20-12-4-5-14-11(6-12)7-16(21-14)19(25)22-15-9-13-10(8-18(15)24)2-1-3-17(13)23/h1-7,15,18,21,23-24H,8-9H2,(H,22,25)/t15-,18+/m0/s1. The molecule has 1 amide bonds. The van der Waals surface area contributed by atoms with Gasteiger partial charge in [-0.05, 0) is 47.9 Å². The first-order chi connectivity index (χ1) is 12.0.